The Morgan fingerprint density at radius 1 is 1.33 bits per heavy atom. The van der Waals surface area contributed by atoms with Gasteiger partial charge < -0.3 is 4.90 Å². The summed E-state index contributed by atoms with van der Waals surface area (Å²) in [5.74, 6) is 5.91. The maximum absolute atomic E-state index is 5.27. The van der Waals surface area contributed by atoms with E-state index in [1.807, 2.05) is 7.05 Å². The summed E-state index contributed by atoms with van der Waals surface area (Å²) < 4.78 is 0. The molecule has 0 saturated carbocycles. The Morgan fingerprint density at radius 2 is 1.93 bits per heavy atom. The molecule has 0 radical (unpaired) electrons. The van der Waals surface area contributed by atoms with E-state index in [-0.39, 0.29) is 0 Å². The van der Waals surface area contributed by atoms with E-state index in [0.717, 1.165) is 0 Å². The van der Waals surface area contributed by atoms with Crippen molar-refractivity contribution in [3.05, 3.63) is 29.8 Å². The van der Waals surface area contributed by atoms with Gasteiger partial charge in [0.05, 0.1) is 6.67 Å². The third-order valence-electron chi connectivity index (χ3n) is 2.84. The van der Waals surface area contributed by atoms with E-state index < -0.39 is 0 Å². The number of benzene rings is 1. The number of hydrogen-bond donors (Lipinski definition) is 2. The first-order chi connectivity index (χ1) is 7.19. The predicted molar refractivity (Wildman–Crippen MR) is 65.7 cm³/mol. The molecule has 0 spiro atoms. The smallest absolute Gasteiger partial charge is 0.0805 e. The molecule has 3 nitrogen and oxygen atoms in total. The van der Waals surface area contributed by atoms with Gasteiger partial charge in [-0.1, -0.05) is 26.0 Å². The summed E-state index contributed by atoms with van der Waals surface area (Å²) in [6.45, 7) is 5.12. The van der Waals surface area contributed by atoms with Crippen molar-refractivity contribution in [2.45, 2.75) is 26.2 Å². The van der Waals surface area contributed by atoms with Crippen LogP contribution in [-0.2, 0) is 0 Å². The van der Waals surface area contributed by atoms with Gasteiger partial charge in [-0.15, -0.1) is 0 Å². The lowest BCUT2D eigenvalue weighted by Gasteiger charge is -2.19. The standard InChI is InChI=1S/C12H21N3/c1-4-10(2)11-5-7-12(8-6-11)15(3)9-14-13/h5-8,10,14H,4,9,13H2,1-3H3. The number of nitrogens with zero attached hydrogens (tertiary/aromatic N) is 1. The highest BCUT2D eigenvalue weighted by atomic mass is 15.3. The van der Waals surface area contributed by atoms with Crippen LogP contribution in [0.5, 0.6) is 0 Å². The van der Waals surface area contributed by atoms with E-state index in [0.29, 0.717) is 12.6 Å². The van der Waals surface area contributed by atoms with Crippen molar-refractivity contribution in [1.82, 2.24) is 5.43 Å². The van der Waals surface area contributed by atoms with Crippen molar-refractivity contribution >= 4 is 5.69 Å². The minimum absolute atomic E-state index is 0.636. The molecule has 0 aliphatic rings. The fourth-order valence-electron chi connectivity index (χ4n) is 1.52. The summed E-state index contributed by atoms with van der Waals surface area (Å²) in [4.78, 5) is 2.07. The molecule has 3 heteroatoms. The van der Waals surface area contributed by atoms with Gasteiger partial charge in [0.1, 0.15) is 0 Å². The van der Waals surface area contributed by atoms with Crippen molar-refractivity contribution in [3.63, 3.8) is 0 Å². The fourth-order valence-corrected chi connectivity index (χ4v) is 1.52. The lowest BCUT2D eigenvalue weighted by Crippen LogP contribution is -2.35. The van der Waals surface area contributed by atoms with E-state index in [4.69, 9.17) is 5.84 Å². The van der Waals surface area contributed by atoms with Gasteiger partial charge in [-0.3, -0.25) is 5.84 Å². The summed E-state index contributed by atoms with van der Waals surface area (Å²) in [5, 5.41) is 0. The van der Waals surface area contributed by atoms with Crippen molar-refractivity contribution in [2.24, 2.45) is 5.84 Å². The van der Waals surface area contributed by atoms with Gasteiger partial charge in [0.2, 0.25) is 0 Å². The third-order valence-corrected chi connectivity index (χ3v) is 2.84. The predicted octanol–water partition coefficient (Wildman–Crippen LogP) is 2.06. The Bertz CT molecular complexity index is 281. The minimum atomic E-state index is 0.636. The minimum Gasteiger partial charge on any atom is -0.361 e. The second-order valence-corrected chi connectivity index (χ2v) is 3.96. The van der Waals surface area contributed by atoms with E-state index in [9.17, 15) is 0 Å². The van der Waals surface area contributed by atoms with Crippen LogP contribution in [-0.4, -0.2) is 13.7 Å². The van der Waals surface area contributed by atoms with E-state index >= 15 is 0 Å². The molecule has 1 unspecified atom stereocenters. The topological polar surface area (TPSA) is 41.3 Å². The van der Waals surface area contributed by atoms with Crippen LogP contribution in [0.2, 0.25) is 0 Å². The second-order valence-electron chi connectivity index (χ2n) is 3.96. The number of nitrogens with two attached hydrogens (primary N) is 1. The number of rotatable bonds is 5. The normalized spacial score (nSPS) is 12.5. The summed E-state index contributed by atoms with van der Waals surface area (Å²) in [6.07, 6.45) is 1.18. The van der Waals surface area contributed by atoms with Crippen molar-refractivity contribution in [2.75, 3.05) is 18.6 Å². The highest BCUT2D eigenvalue weighted by Gasteiger charge is 2.03. The molecule has 0 bridgehead atoms. The molecule has 0 fully saturated rings. The molecule has 0 amide bonds. The summed E-state index contributed by atoms with van der Waals surface area (Å²) in [5.41, 5.74) is 5.22. The number of anilines is 1. The molecule has 0 aromatic heterocycles. The van der Waals surface area contributed by atoms with Gasteiger partial charge in [-0.2, -0.15) is 0 Å². The average molecular weight is 207 g/mol. The highest BCUT2D eigenvalue weighted by molar-refractivity contribution is 5.47. The largest absolute Gasteiger partial charge is 0.361 e. The Kier molecular flexibility index (Phi) is 4.59. The van der Waals surface area contributed by atoms with E-state index in [1.165, 1.54) is 17.7 Å². The molecule has 15 heavy (non-hydrogen) atoms. The molecule has 1 aromatic rings. The van der Waals surface area contributed by atoms with Gasteiger partial charge in [0.25, 0.3) is 0 Å². The zero-order valence-corrected chi connectivity index (χ0v) is 9.83. The molecule has 0 heterocycles. The SMILES string of the molecule is CCC(C)c1ccc(N(C)CNN)cc1. The van der Waals surface area contributed by atoms with Crippen LogP contribution in [0.4, 0.5) is 5.69 Å². The quantitative estimate of drug-likeness (QED) is 0.441. The Hall–Kier alpha value is -1.06. The Labute approximate surface area is 92.2 Å². The summed E-state index contributed by atoms with van der Waals surface area (Å²) in [7, 11) is 2.01. The van der Waals surface area contributed by atoms with Gasteiger partial charge in [-0.05, 0) is 30.0 Å². The summed E-state index contributed by atoms with van der Waals surface area (Å²) in [6, 6.07) is 8.66. The molecule has 1 aromatic carbocycles. The molecule has 1 atom stereocenters. The highest BCUT2D eigenvalue weighted by Crippen LogP contribution is 2.21. The first-order valence-corrected chi connectivity index (χ1v) is 5.43. The van der Waals surface area contributed by atoms with Crippen LogP contribution in [0.15, 0.2) is 24.3 Å². The van der Waals surface area contributed by atoms with Crippen molar-refractivity contribution in [1.29, 1.82) is 0 Å². The summed E-state index contributed by atoms with van der Waals surface area (Å²) >= 11 is 0. The fraction of sp³-hybridized carbons (Fsp3) is 0.500. The zero-order valence-electron chi connectivity index (χ0n) is 9.83. The van der Waals surface area contributed by atoms with Crippen LogP contribution >= 0.6 is 0 Å². The second kappa shape index (κ2) is 5.73. The number of hydrazine groups is 1. The molecule has 0 aliphatic carbocycles. The molecule has 0 aliphatic heterocycles. The Balaban J connectivity index is 2.71. The van der Waals surface area contributed by atoms with Crippen LogP contribution in [0.25, 0.3) is 0 Å². The number of nitrogens with one attached hydrogen (secondary N) is 1. The van der Waals surface area contributed by atoms with Gasteiger partial charge in [-0.25, -0.2) is 5.43 Å². The maximum Gasteiger partial charge on any atom is 0.0805 e. The molecule has 3 N–H and O–H groups in total. The van der Waals surface area contributed by atoms with E-state index in [1.54, 1.807) is 0 Å². The first-order valence-electron chi connectivity index (χ1n) is 5.43. The number of hydrogen-bond acceptors (Lipinski definition) is 3. The Morgan fingerprint density at radius 3 is 2.40 bits per heavy atom. The molecule has 1 rings (SSSR count). The van der Waals surface area contributed by atoms with Crippen molar-refractivity contribution in [3.8, 4) is 0 Å². The van der Waals surface area contributed by atoms with Crippen LogP contribution < -0.4 is 16.2 Å². The average Bonchev–Trinajstić information content (AvgIpc) is 2.28. The van der Waals surface area contributed by atoms with Crippen LogP contribution in [0.3, 0.4) is 0 Å². The van der Waals surface area contributed by atoms with Gasteiger partial charge in [0, 0.05) is 12.7 Å². The third kappa shape index (κ3) is 3.22. The molecular formula is C12H21N3. The molecule has 84 valence electrons. The lowest BCUT2D eigenvalue weighted by atomic mass is 9.98. The first kappa shape index (κ1) is 12.0. The monoisotopic (exact) mass is 207 g/mol. The van der Waals surface area contributed by atoms with Crippen LogP contribution in [0.1, 0.15) is 31.7 Å². The van der Waals surface area contributed by atoms with Gasteiger partial charge >= 0.3 is 0 Å². The van der Waals surface area contributed by atoms with Crippen LogP contribution in [0, 0.1) is 0 Å². The lowest BCUT2D eigenvalue weighted by molar-refractivity contribution is 0.715. The molecular weight excluding hydrogens is 186 g/mol. The van der Waals surface area contributed by atoms with E-state index in [2.05, 4.69) is 48.4 Å². The maximum atomic E-state index is 5.27. The van der Waals surface area contributed by atoms with Crippen molar-refractivity contribution < 1.29 is 0 Å². The zero-order chi connectivity index (χ0) is 11.3. The molecule has 0 saturated heterocycles. The van der Waals surface area contributed by atoms with Gasteiger partial charge in [0.15, 0.2) is 0 Å².